The van der Waals surface area contributed by atoms with E-state index in [4.69, 9.17) is 0 Å². The average Bonchev–Trinajstić information content (AvgIpc) is 2.62. The first-order valence-corrected chi connectivity index (χ1v) is 8.15. The van der Waals surface area contributed by atoms with Crippen molar-refractivity contribution in [2.24, 2.45) is 5.41 Å². The SMILES string of the molecule is CC(=O)C1(C(C)=O)CN(c2ccccc2)CN(c2ccccc2)C1. The Labute approximate surface area is 142 Å². The maximum absolute atomic E-state index is 12.4. The minimum Gasteiger partial charge on any atom is -0.352 e. The molecule has 3 rings (SSSR count). The number of benzene rings is 2. The van der Waals surface area contributed by atoms with Gasteiger partial charge >= 0.3 is 0 Å². The quantitative estimate of drug-likeness (QED) is 0.811. The molecule has 1 aliphatic heterocycles. The Morgan fingerprint density at radius 2 is 1.12 bits per heavy atom. The fourth-order valence-electron chi connectivity index (χ4n) is 3.32. The Morgan fingerprint density at radius 1 is 0.750 bits per heavy atom. The van der Waals surface area contributed by atoms with Crippen LogP contribution in [0.4, 0.5) is 11.4 Å². The summed E-state index contributed by atoms with van der Waals surface area (Å²) in [6.45, 7) is 4.55. The van der Waals surface area contributed by atoms with Crippen LogP contribution in [-0.2, 0) is 9.59 Å². The van der Waals surface area contributed by atoms with Gasteiger partial charge in [0.25, 0.3) is 0 Å². The molecule has 124 valence electrons. The second-order valence-corrected chi connectivity index (χ2v) is 6.40. The molecule has 4 heteroatoms. The van der Waals surface area contributed by atoms with Gasteiger partial charge in [0.1, 0.15) is 17.0 Å². The molecular weight excluding hydrogens is 300 g/mol. The summed E-state index contributed by atoms with van der Waals surface area (Å²) in [7, 11) is 0. The van der Waals surface area contributed by atoms with Crippen LogP contribution in [0, 0.1) is 5.41 Å². The Hall–Kier alpha value is -2.62. The van der Waals surface area contributed by atoms with Gasteiger partial charge in [-0.1, -0.05) is 36.4 Å². The highest BCUT2D eigenvalue weighted by atomic mass is 16.2. The number of ketones is 2. The Balaban J connectivity index is 2.03. The van der Waals surface area contributed by atoms with E-state index in [2.05, 4.69) is 9.80 Å². The van der Waals surface area contributed by atoms with Crippen LogP contribution >= 0.6 is 0 Å². The number of rotatable bonds is 4. The van der Waals surface area contributed by atoms with E-state index < -0.39 is 5.41 Å². The lowest BCUT2D eigenvalue weighted by molar-refractivity contribution is -0.137. The van der Waals surface area contributed by atoms with Crippen molar-refractivity contribution in [1.82, 2.24) is 0 Å². The summed E-state index contributed by atoms with van der Waals surface area (Å²) >= 11 is 0. The minimum atomic E-state index is -0.996. The van der Waals surface area contributed by atoms with Crippen LogP contribution in [0.2, 0.25) is 0 Å². The van der Waals surface area contributed by atoms with Gasteiger partial charge < -0.3 is 9.80 Å². The second kappa shape index (κ2) is 6.48. The molecule has 1 saturated heterocycles. The van der Waals surface area contributed by atoms with Crippen LogP contribution in [0.25, 0.3) is 0 Å². The van der Waals surface area contributed by atoms with Crippen LogP contribution < -0.4 is 9.80 Å². The highest BCUT2D eigenvalue weighted by Crippen LogP contribution is 2.33. The molecule has 0 radical (unpaired) electrons. The molecule has 0 aliphatic carbocycles. The van der Waals surface area contributed by atoms with E-state index in [9.17, 15) is 9.59 Å². The van der Waals surface area contributed by atoms with Crippen molar-refractivity contribution in [3.8, 4) is 0 Å². The molecule has 0 amide bonds. The summed E-state index contributed by atoms with van der Waals surface area (Å²) in [5, 5.41) is 0. The number of nitrogens with zero attached hydrogens (tertiary/aromatic N) is 2. The predicted octanol–water partition coefficient (Wildman–Crippen LogP) is 3.14. The highest BCUT2D eigenvalue weighted by molar-refractivity contribution is 6.06. The summed E-state index contributed by atoms with van der Waals surface area (Å²) < 4.78 is 0. The predicted molar refractivity (Wildman–Crippen MR) is 96.2 cm³/mol. The van der Waals surface area contributed by atoms with Crippen LogP contribution in [0.1, 0.15) is 13.8 Å². The van der Waals surface area contributed by atoms with Crippen molar-refractivity contribution in [3.05, 3.63) is 60.7 Å². The van der Waals surface area contributed by atoms with E-state index in [0.717, 1.165) is 11.4 Å². The lowest BCUT2D eigenvalue weighted by atomic mass is 9.77. The first kappa shape index (κ1) is 16.2. The van der Waals surface area contributed by atoms with Gasteiger partial charge in [0.15, 0.2) is 0 Å². The molecule has 1 heterocycles. The van der Waals surface area contributed by atoms with Crippen molar-refractivity contribution < 1.29 is 9.59 Å². The standard InChI is InChI=1S/C20H22N2O2/c1-16(23)20(17(2)24)13-21(18-9-5-3-6-10-18)15-22(14-20)19-11-7-4-8-12-19/h3-12H,13-15H2,1-2H3. The minimum absolute atomic E-state index is 0.0726. The van der Waals surface area contributed by atoms with Gasteiger partial charge in [0, 0.05) is 24.5 Å². The summed E-state index contributed by atoms with van der Waals surface area (Å²) in [6, 6.07) is 19.9. The van der Waals surface area contributed by atoms with Gasteiger partial charge in [-0.15, -0.1) is 0 Å². The third kappa shape index (κ3) is 2.92. The molecule has 0 atom stereocenters. The number of para-hydroxylation sites is 2. The van der Waals surface area contributed by atoms with Crippen molar-refractivity contribution in [2.45, 2.75) is 13.8 Å². The van der Waals surface area contributed by atoms with Gasteiger partial charge in [-0.25, -0.2) is 0 Å². The van der Waals surface area contributed by atoms with Gasteiger partial charge in [-0.05, 0) is 38.1 Å². The first-order chi connectivity index (χ1) is 11.5. The fraction of sp³-hybridized carbons (Fsp3) is 0.300. The third-order valence-electron chi connectivity index (χ3n) is 4.85. The molecule has 1 aliphatic rings. The fourth-order valence-corrected chi connectivity index (χ4v) is 3.32. The van der Waals surface area contributed by atoms with E-state index in [1.54, 1.807) is 0 Å². The normalized spacial score (nSPS) is 16.8. The largest absolute Gasteiger partial charge is 0.352 e. The monoisotopic (exact) mass is 322 g/mol. The molecule has 2 aromatic rings. The van der Waals surface area contributed by atoms with E-state index in [0.29, 0.717) is 19.8 Å². The molecule has 0 saturated carbocycles. The van der Waals surface area contributed by atoms with Crippen LogP contribution in [0.15, 0.2) is 60.7 Å². The van der Waals surface area contributed by atoms with Crippen molar-refractivity contribution >= 4 is 22.9 Å². The lowest BCUT2D eigenvalue weighted by Gasteiger charge is -2.47. The van der Waals surface area contributed by atoms with E-state index >= 15 is 0 Å². The summed E-state index contributed by atoms with van der Waals surface area (Å²) in [6.07, 6.45) is 0. The summed E-state index contributed by atoms with van der Waals surface area (Å²) in [4.78, 5) is 29.1. The smallest absolute Gasteiger partial charge is 0.146 e. The van der Waals surface area contributed by atoms with E-state index in [1.165, 1.54) is 13.8 Å². The molecule has 0 spiro atoms. The molecule has 4 nitrogen and oxygen atoms in total. The molecule has 0 bridgehead atoms. The van der Waals surface area contributed by atoms with Crippen LogP contribution in [-0.4, -0.2) is 31.3 Å². The Bertz CT molecular complexity index is 664. The molecule has 1 fully saturated rings. The van der Waals surface area contributed by atoms with Gasteiger partial charge in [-0.2, -0.15) is 0 Å². The topological polar surface area (TPSA) is 40.6 Å². The number of anilines is 2. The number of carbonyl (C=O) groups excluding carboxylic acids is 2. The van der Waals surface area contributed by atoms with Crippen LogP contribution in [0.3, 0.4) is 0 Å². The highest BCUT2D eigenvalue weighted by Gasteiger charge is 2.47. The lowest BCUT2D eigenvalue weighted by Crippen LogP contribution is -2.61. The maximum Gasteiger partial charge on any atom is 0.146 e. The Kier molecular flexibility index (Phi) is 4.38. The second-order valence-electron chi connectivity index (χ2n) is 6.40. The Morgan fingerprint density at radius 3 is 1.46 bits per heavy atom. The third-order valence-corrected chi connectivity index (χ3v) is 4.85. The number of hydrogen-bond acceptors (Lipinski definition) is 4. The molecule has 0 unspecified atom stereocenters. The zero-order valence-electron chi connectivity index (χ0n) is 14.1. The van der Waals surface area contributed by atoms with E-state index in [1.807, 2.05) is 60.7 Å². The zero-order chi connectivity index (χ0) is 17.2. The summed E-state index contributed by atoms with van der Waals surface area (Å²) in [5.41, 5.74) is 1.04. The van der Waals surface area contributed by atoms with Crippen molar-refractivity contribution in [3.63, 3.8) is 0 Å². The molecule has 24 heavy (non-hydrogen) atoms. The average molecular weight is 322 g/mol. The maximum atomic E-state index is 12.4. The van der Waals surface area contributed by atoms with Gasteiger partial charge in [-0.3, -0.25) is 9.59 Å². The van der Waals surface area contributed by atoms with Gasteiger partial charge in [0.2, 0.25) is 0 Å². The summed E-state index contributed by atoms with van der Waals surface area (Å²) in [5.74, 6) is -0.145. The number of hydrogen-bond donors (Lipinski definition) is 0. The molecule has 0 N–H and O–H groups in total. The van der Waals surface area contributed by atoms with Crippen LogP contribution in [0.5, 0.6) is 0 Å². The molecule has 0 aromatic heterocycles. The first-order valence-electron chi connectivity index (χ1n) is 8.15. The molecular formula is C20H22N2O2. The molecule has 2 aromatic carbocycles. The number of carbonyl (C=O) groups is 2. The van der Waals surface area contributed by atoms with Crippen molar-refractivity contribution in [2.75, 3.05) is 29.6 Å². The van der Waals surface area contributed by atoms with Gasteiger partial charge in [0.05, 0.1) is 6.67 Å². The zero-order valence-corrected chi connectivity index (χ0v) is 14.1. The van der Waals surface area contributed by atoms with Crippen molar-refractivity contribution in [1.29, 1.82) is 0 Å². The van der Waals surface area contributed by atoms with E-state index in [-0.39, 0.29) is 11.6 Å². The number of Topliss-reactive ketones (excluding diaryl/α,β-unsaturated/α-hetero) is 2.